The topological polar surface area (TPSA) is 66.5 Å². The van der Waals surface area contributed by atoms with Crippen LogP contribution >= 0.6 is 11.6 Å². The molecule has 0 aliphatic carbocycles. The van der Waals surface area contributed by atoms with Crippen molar-refractivity contribution in [1.29, 1.82) is 0 Å². The molecule has 5 heterocycles. The number of benzene rings is 1. The number of hydrogen-bond donors (Lipinski definition) is 1. The number of phenols is 1. The van der Waals surface area contributed by atoms with Gasteiger partial charge in [0.15, 0.2) is 5.65 Å². The molecule has 2 fully saturated rings. The van der Waals surface area contributed by atoms with E-state index >= 15 is 0 Å². The highest BCUT2D eigenvalue weighted by molar-refractivity contribution is 6.32. The number of pyridine rings is 1. The van der Waals surface area contributed by atoms with E-state index in [1.807, 2.05) is 28.9 Å². The molecule has 2 bridgehead atoms. The highest BCUT2D eigenvalue weighted by Crippen LogP contribution is 2.44. The van der Waals surface area contributed by atoms with Gasteiger partial charge >= 0.3 is 0 Å². The lowest BCUT2D eigenvalue weighted by Crippen LogP contribution is -2.42. The van der Waals surface area contributed by atoms with Gasteiger partial charge in [-0.1, -0.05) is 24.6 Å². The van der Waals surface area contributed by atoms with Gasteiger partial charge in [-0.2, -0.15) is 5.10 Å². The quantitative estimate of drug-likeness (QED) is 0.433. The predicted molar refractivity (Wildman–Crippen MR) is 129 cm³/mol. The molecule has 1 aromatic carbocycles. The summed E-state index contributed by atoms with van der Waals surface area (Å²) in [6.45, 7) is 3.41. The van der Waals surface area contributed by atoms with Gasteiger partial charge in [0.2, 0.25) is 0 Å². The van der Waals surface area contributed by atoms with Crippen LogP contribution in [0.25, 0.3) is 28.0 Å². The lowest BCUT2D eigenvalue weighted by molar-refractivity contribution is 0.132. The fraction of sp³-hybridized carbons (Fsp3) is 0.346. The van der Waals surface area contributed by atoms with Crippen LogP contribution in [0.2, 0.25) is 5.02 Å². The van der Waals surface area contributed by atoms with Crippen molar-refractivity contribution in [3.63, 3.8) is 0 Å². The van der Waals surface area contributed by atoms with Gasteiger partial charge in [-0.15, -0.1) is 0 Å². The SMILES string of the molecule is CCN1C2CCC1CC(c1ccnc3c(-c4ccc(Cl)c(O)c4)c(-c4ccncc4)nn13)C2. The van der Waals surface area contributed by atoms with E-state index in [4.69, 9.17) is 21.7 Å². The van der Waals surface area contributed by atoms with Gasteiger partial charge in [-0.05, 0) is 68.1 Å². The molecule has 6 nitrogen and oxygen atoms in total. The number of piperidine rings is 1. The number of aromatic hydroxyl groups is 1. The molecular formula is C26H26ClN5O. The zero-order valence-electron chi connectivity index (χ0n) is 18.5. The molecule has 33 heavy (non-hydrogen) atoms. The molecule has 6 rings (SSSR count). The molecule has 0 saturated carbocycles. The average Bonchev–Trinajstić information content (AvgIpc) is 3.35. The Kier molecular flexibility index (Phi) is 5.07. The maximum atomic E-state index is 10.3. The maximum absolute atomic E-state index is 10.3. The van der Waals surface area contributed by atoms with Gasteiger partial charge in [-0.25, -0.2) is 9.50 Å². The minimum atomic E-state index is 0.0499. The molecule has 2 atom stereocenters. The Morgan fingerprint density at radius 3 is 2.45 bits per heavy atom. The second-order valence-electron chi connectivity index (χ2n) is 9.11. The zero-order valence-corrected chi connectivity index (χ0v) is 19.3. The minimum Gasteiger partial charge on any atom is -0.506 e. The lowest BCUT2D eigenvalue weighted by atomic mass is 9.88. The van der Waals surface area contributed by atoms with Gasteiger partial charge in [-0.3, -0.25) is 9.88 Å². The van der Waals surface area contributed by atoms with Crippen LogP contribution < -0.4 is 0 Å². The first-order chi connectivity index (χ1) is 16.1. The van der Waals surface area contributed by atoms with E-state index in [0.717, 1.165) is 47.4 Å². The van der Waals surface area contributed by atoms with E-state index in [9.17, 15) is 5.11 Å². The van der Waals surface area contributed by atoms with Crippen molar-refractivity contribution in [1.82, 2.24) is 24.5 Å². The summed E-state index contributed by atoms with van der Waals surface area (Å²) in [7, 11) is 0. The average molecular weight is 460 g/mol. The largest absolute Gasteiger partial charge is 0.506 e. The summed E-state index contributed by atoms with van der Waals surface area (Å²) in [4.78, 5) is 11.6. The Morgan fingerprint density at radius 2 is 1.76 bits per heavy atom. The van der Waals surface area contributed by atoms with E-state index in [1.165, 1.54) is 18.5 Å². The summed E-state index contributed by atoms with van der Waals surface area (Å²) in [5, 5.41) is 15.7. The Labute approximate surface area is 197 Å². The third-order valence-electron chi connectivity index (χ3n) is 7.40. The molecular weight excluding hydrogens is 434 g/mol. The fourth-order valence-electron chi connectivity index (χ4n) is 5.95. The number of phenolic OH excluding ortho intramolecular Hbond substituents is 1. The summed E-state index contributed by atoms with van der Waals surface area (Å²) < 4.78 is 2.03. The molecule has 3 aromatic heterocycles. The van der Waals surface area contributed by atoms with E-state index in [0.29, 0.717) is 23.0 Å². The fourth-order valence-corrected chi connectivity index (χ4v) is 6.07. The number of halogens is 1. The molecule has 0 amide bonds. The summed E-state index contributed by atoms with van der Waals surface area (Å²) in [6, 6.07) is 12.7. The van der Waals surface area contributed by atoms with Crippen molar-refractivity contribution in [3.05, 3.63) is 65.7 Å². The van der Waals surface area contributed by atoms with Crippen LogP contribution in [-0.4, -0.2) is 48.2 Å². The third kappa shape index (κ3) is 3.40. The summed E-state index contributed by atoms with van der Waals surface area (Å²) >= 11 is 6.10. The van der Waals surface area contributed by atoms with Crippen molar-refractivity contribution < 1.29 is 5.11 Å². The van der Waals surface area contributed by atoms with Gasteiger partial charge in [0.1, 0.15) is 11.4 Å². The summed E-state index contributed by atoms with van der Waals surface area (Å²) in [6.07, 6.45) is 10.3. The molecule has 1 N–H and O–H groups in total. The van der Waals surface area contributed by atoms with Gasteiger partial charge in [0, 0.05) is 47.8 Å². The molecule has 0 spiro atoms. The molecule has 2 aliphatic rings. The minimum absolute atomic E-state index is 0.0499. The Morgan fingerprint density at radius 1 is 1.00 bits per heavy atom. The van der Waals surface area contributed by atoms with Crippen LogP contribution in [0.5, 0.6) is 5.75 Å². The van der Waals surface area contributed by atoms with Crippen LogP contribution in [0.3, 0.4) is 0 Å². The second-order valence-corrected chi connectivity index (χ2v) is 9.52. The normalized spacial score (nSPS) is 22.8. The first kappa shape index (κ1) is 20.6. The molecule has 2 saturated heterocycles. The Balaban J connectivity index is 1.53. The first-order valence-electron chi connectivity index (χ1n) is 11.7. The van der Waals surface area contributed by atoms with Crippen LogP contribution in [-0.2, 0) is 0 Å². The summed E-state index contributed by atoms with van der Waals surface area (Å²) in [5.41, 5.74) is 5.53. The molecule has 168 valence electrons. The molecule has 2 aliphatic heterocycles. The highest BCUT2D eigenvalue weighted by atomic mass is 35.5. The van der Waals surface area contributed by atoms with Crippen LogP contribution in [0.1, 0.15) is 44.2 Å². The third-order valence-corrected chi connectivity index (χ3v) is 7.72. The predicted octanol–water partition coefficient (Wildman–Crippen LogP) is 5.55. The number of nitrogens with zero attached hydrogens (tertiary/aromatic N) is 5. The number of rotatable bonds is 4. The van der Waals surface area contributed by atoms with Crippen molar-refractivity contribution in [2.75, 3.05) is 6.54 Å². The Bertz CT molecular complexity index is 1310. The maximum Gasteiger partial charge on any atom is 0.163 e. The number of aromatic nitrogens is 4. The first-order valence-corrected chi connectivity index (χ1v) is 12.0. The van der Waals surface area contributed by atoms with Crippen molar-refractivity contribution >= 4 is 17.2 Å². The molecule has 2 unspecified atom stereocenters. The zero-order chi connectivity index (χ0) is 22.5. The summed E-state index contributed by atoms with van der Waals surface area (Å²) in [5.74, 6) is 0.501. The molecule has 7 heteroatoms. The van der Waals surface area contributed by atoms with Crippen molar-refractivity contribution in [2.24, 2.45) is 0 Å². The van der Waals surface area contributed by atoms with Gasteiger partial charge in [0.25, 0.3) is 0 Å². The second kappa shape index (κ2) is 8.12. The smallest absolute Gasteiger partial charge is 0.163 e. The van der Waals surface area contributed by atoms with Crippen LogP contribution in [0.15, 0.2) is 55.0 Å². The van der Waals surface area contributed by atoms with Crippen molar-refractivity contribution in [2.45, 2.75) is 50.6 Å². The van der Waals surface area contributed by atoms with E-state index in [-0.39, 0.29) is 5.75 Å². The van der Waals surface area contributed by atoms with E-state index < -0.39 is 0 Å². The highest BCUT2D eigenvalue weighted by Gasteiger charge is 2.41. The van der Waals surface area contributed by atoms with E-state index in [1.54, 1.807) is 24.5 Å². The van der Waals surface area contributed by atoms with E-state index in [2.05, 4.69) is 22.9 Å². The van der Waals surface area contributed by atoms with Gasteiger partial charge < -0.3 is 5.11 Å². The van der Waals surface area contributed by atoms with Crippen molar-refractivity contribution in [3.8, 4) is 28.1 Å². The van der Waals surface area contributed by atoms with Crippen LogP contribution in [0, 0.1) is 0 Å². The van der Waals surface area contributed by atoms with Gasteiger partial charge in [0.05, 0.1) is 10.6 Å². The Hall–Kier alpha value is -2.96. The number of hydrogen-bond acceptors (Lipinski definition) is 5. The molecule has 4 aromatic rings. The molecule has 0 radical (unpaired) electrons. The van der Waals surface area contributed by atoms with Crippen LogP contribution in [0.4, 0.5) is 0 Å². The lowest BCUT2D eigenvalue weighted by Gasteiger charge is -2.38. The standard InChI is InChI=1S/C26H26ClN5O/c1-2-31-19-4-5-20(31)14-18(13-19)22-9-12-29-26-24(17-3-6-21(27)23(33)15-17)25(30-32(22)26)16-7-10-28-11-8-16/h3,6-12,15,18-20,33H,2,4-5,13-14H2,1H3. The number of fused-ring (bicyclic) bond motifs is 3. The monoisotopic (exact) mass is 459 g/mol.